The number of thiophene rings is 1. The molecule has 0 bridgehead atoms. The number of aromatic nitrogens is 2. The first kappa shape index (κ1) is 19.6. The molecular formula is C18H18N4O5S2. The van der Waals surface area contributed by atoms with Crippen LogP contribution in [0.1, 0.15) is 0 Å². The Morgan fingerprint density at radius 2 is 1.90 bits per heavy atom. The molecule has 1 fully saturated rings. The van der Waals surface area contributed by atoms with E-state index in [-0.39, 0.29) is 25.6 Å². The van der Waals surface area contributed by atoms with Gasteiger partial charge in [-0.25, -0.2) is 8.42 Å². The van der Waals surface area contributed by atoms with E-state index in [2.05, 4.69) is 10.2 Å². The zero-order valence-corrected chi connectivity index (χ0v) is 16.9. The van der Waals surface area contributed by atoms with Crippen molar-refractivity contribution in [1.82, 2.24) is 19.4 Å². The molecule has 3 heterocycles. The summed E-state index contributed by atoms with van der Waals surface area (Å²) in [6.07, 6.45) is 1.25. The van der Waals surface area contributed by atoms with E-state index in [0.29, 0.717) is 28.9 Å². The van der Waals surface area contributed by atoms with Gasteiger partial charge in [0.25, 0.3) is 15.9 Å². The highest BCUT2D eigenvalue weighted by atomic mass is 32.2. The predicted molar refractivity (Wildman–Crippen MR) is 105 cm³/mol. The Kier molecular flexibility index (Phi) is 5.60. The smallest absolute Gasteiger partial charge is 0.260 e. The molecule has 152 valence electrons. The van der Waals surface area contributed by atoms with Crippen molar-refractivity contribution in [3.05, 3.63) is 48.2 Å². The number of hydrogen-bond acceptors (Lipinski definition) is 8. The van der Waals surface area contributed by atoms with Gasteiger partial charge >= 0.3 is 0 Å². The van der Waals surface area contributed by atoms with Crippen molar-refractivity contribution >= 4 is 27.3 Å². The molecule has 0 radical (unpaired) electrons. The van der Waals surface area contributed by atoms with E-state index in [4.69, 9.17) is 9.15 Å². The summed E-state index contributed by atoms with van der Waals surface area (Å²) in [7, 11) is -3.48. The second-order valence-electron chi connectivity index (χ2n) is 6.27. The van der Waals surface area contributed by atoms with E-state index in [1.165, 1.54) is 22.0 Å². The third kappa shape index (κ3) is 4.31. The Balaban J connectivity index is 1.28. The van der Waals surface area contributed by atoms with Crippen molar-refractivity contribution in [1.29, 1.82) is 0 Å². The highest BCUT2D eigenvalue weighted by Crippen LogP contribution is 2.22. The fraction of sp³-hybridized carbons (Fsp3) is 0.278. The fourth-order valence-electron chi connectivity index (χ4n) is 2.94. The lowest BCUT2D eigenvalue weighted by molar-refractivity contribution is -0.134. The van der Waals surface area contributed by atoms with Crippen molar-refractivity contribution in [2.24, 2.45) is 0 Å². The largest absolute Gasteiger partial charge is 0.484 e. The molecule has 29 heavy (non-hydrogen) atoms. The van der Waals surface area contributed by atoms with Crippen molar-refractivity contribution in [2.75, 3.05) is 32.8 Å². The van der Waals surface area contributed by atoms with Crippen LogP contribution < -0.4 is 4.74 Å². The number of amides is 1. The predicted octanol–water partition coefficient (Wildman–Crippen LogP) is 1.71. The second kappa shape index (κ2) is 8.31. The number of rotatable bonds is 6. The third-order valence-electron chi connectivity index (χ3n) is 4.50. The summed E-state index contributed by atoms with van der Waals surface area (Å²) >= 11 is 1.19. The summed E-state index contributed by atoms with van der Waals surface area (Å²) < 4.78 is 37.5. The average Bonchev–Trinajstić information content (AvgIpc) is 3.47. The van der Waals surface area contributed by atoms with Crippen molar-refractivity contribution < 1.29 is 22.4 Å². The first-order valence-electron chi connectivity index (χ1n) is 8.85. The maximum Gasteiger partial charge on any atom is 0.260 e. The SMILES string of the molecule is O=C(COc1ccc(-c2nnco2)cc1)N1CCN(S(=O)(=O)c2cccs2)CC1. The molecule has 0 unspecified atom stereocenters. The second-order valence-corrected chi connectivity index (χ2v) is 9.39. The number of benzene rings is 1. The van der Waals surface area contributed by atoms with Crippen LogP contribution in [0.2, 0.25) is 0 Å². The van der Waals surface area contributed by atoms with Crippen LogP contribution in [0.4, 0.5) is 0 Å². The van der Waals surface area contributed by atoms with Gasteiger partial charge in [-0.3, -0.25) is 4.79 Å². The van der Waals surface area contributed by atoms with Crippen LogP contribution in [0.25, 0.3) is 11.5 Å². The lowest BCUT2D eigenvalue weighted by Crippen LogP contribution is -2.51. The number of hydrogen-bond donors (Lipinski definition) is 0. The van der Waals surface area contributed by atoms with E-state index in [0.717, 1.165) is 5.56 Å². The molecule has 1 amide bonds. The summed E-state index contributed by atoms with van der Waals surface area (Å²) in [5.41, 5.74) is 0.754. The van der Waals surface area contributed by atoms with E-state index >= 15 is 0 Å². The van der Waals surface area contributed by atoms with Gasteiger partial charge in [-0.05, 0) is 35.7 Å². The third-order valence-corrected chi connectivity index (χ3v) is 7.78. The fourth-order valence-corrected chi connectivity index (χ4v) is 5.51. The standard InChI is InChI=1S/C18H18N4O5S2/c23-16(12-26-15-5-3-14(4-6-15)18-20-19-13-27-18)21-7-9-22(10-8-21)29(24,25)17-2-1-11-28-17/h1-6,11,13H,7-10,12H2. The molecule has 9 nitrogen and oxygen atoms in total. The minimum atomic E-state index is -3.48. The number of carbonyl (C=O) groups is 1. The number of nitrogens with zero attached hydrogens (tertiary/aromatic N) is 4. The maximum atomic E-state index is 12.5. The first-order valence-corrected chi connectivity index (χ1v) is 11.2. The van der Waals surface area contributed by atoms with Gasteiger partial charge in [0.1, 0.15) is 9.96 Å². The Morgan fingerprint density at radius 3 is 2.52 bits per heavy atom. The van der Waals surface area contributed by atoms with Gasteiger partial charge in [0, 0.05) is 31.7 Å². The summed E-state index contributed by atoms with van der Waals surface area (Å²) in [5.74, 6) is 0.766. The monoisotopic (exact) mass is 434 g/mol. The Bertz CT molecular complexity index is 1040. The number of piperazine rings is 1. The van der Waals surface area contributed by atoms with E-state index in [9.17, 15) is 13.2 Å². The van der Waals surface area contributed by atoms with Crippen LogP contribution in [0.3, 0.4) is 0 Å². The Morgan fingerprint density at radius 1 is 1.14 bits per heavy atom. The van der Waals surface area contributed by atoms with Gasteiger partial charge in [0.05, 0.1) is 0 Å². The van der Waals surface area contributed by atoms with Crippen molar-refractivity contribution in [3.63, 3.8) is 0 Å². The highest BCUT2D eigenvalue weighted by Gasteiger charge is 2.30. The molecule has 1 aliphatic rings. The molecule has 4 rings (SSSR count). The van der Waals surface area contributed by atoms with Gasteiger partial charge in [-0.1, -0.05) is 6.07 Å². The number of carbonyl (C=O) groups excluding carboxylic acids is 1. The van der Waals surface area contributed by atoms with Gasteiger partial charge in [0.15, 0.2) is 6.61 Å². The molecule has 0 aliphatic carbocycles. The molecule has 1 saturated heterocycles. The van der Waals surface area contributed by atoms with Crippen molar-refractivity contribution in [3.8, 4) is 17.2 Å². The van der Waals surface area contributed by atoms with Crippen LogP contribution in [-0.4, -0.2) is 66.5 Å². The minimum absolute atomic E-state index is 0.114. The summed E-state index contributed by atoms with van der Waals surface area (Å²) in [4.78, 5) is 14.0. The van der Waals surface area contributed by atoms with E-state index in [1.54, 1.807) is 46.7 Å². The lowest BCUT2D eigenvalue weighted by atomic mass is 10.2. The molecule has 2 aromatic heterocycles. The zero-order valence-electron chi connectivity index (χ0n) is 15.3. The Labute approximate surface area is 171 Å². The van der Waals surface area contributed by atoms with Crippen molar-refractivity contribution in [2.45, 2.75) is 4.21 Å². The molecule has 3 aromatic rings. The van der Waals surface area contributed by atoms with Crippen LogP contribution in [0.15, 0.2) is 56.8 Å². The molecule has 0 spiro atoms. The molecule has 0 saturated carbocycles. The molecule has 11 heteroatoms. The van der Waals surface area contributed by atoms with E-state index < -0.39 is 10.0 Å². The zero-order chi connectivity index (χ0) is 20.3. The van der Waals surface area contributed by atoms with E-state index in [1.807, 2.05) is 0 Å². The van der Waals surface area contributed by atoms with Crippen LogP contribution >= 0.6 is 11.3 Å². The topological polar surface area (TPSA) is 106 Å². The average molecular weight is 434 g/mol. The summed E-state index contributed by atoms with van der Waals surface area (Å²) in [5, 5.41) is 9.19. The van der Waals surface area contributed by atoms with Gasteiger partial charge in [-0.15, -0.1) is 21.5 Å². The van der Waals surface area contributed by atoms with Crippen LogP contribution in [-0.2, 0) is 14.8 Å². The number of sulfonamides is 1. The molecular weight excluding hydrogens is 416 g/mol. The van der Waals surface area contributed by atoms with Crippen LogP contribution in [0, 0.1) is 0 Å². The Hall–Kier alpha value is -2.76. The van der Waals surface area contributed by atoms with Gasteiger partial charge in [0.2, 0.25) is 12.3 Å². The molecule has 1 aliphatic heterocycles. The quantitative estimate of drug-likeness (QED) is 0.581. The van der Waals surface area contributed by atoms with Gasteiger partial charge in [-0.2, -0.15) is 4.31 Å². The first-order chi connectivity index (χ1) is 14.0. The molecule has 1 aromatic carbocycles. The summed E-state index contributed by atoms with van der Waals surface area (Å²) in [6.45, 7) is 1.10. The molecule has 0 N–H and O–H groups in total. The number of ether oxygens (including phenoxy) is 1. The minimum Gasteiger partial charge on any atom is -0.484 e. The maximum absolute atomic E-state index is 12.5. The van der Waals surface area contributed by atoms with Crippen LogP contribution in [0.5, 0.6) is 5.75 Å². The molecule has 0 atom stereocenters. The lowest BCUT2D eigenvalue weighted by Gasteiger charge is -2.33. The normalized spacial score (nSPS) is 15.4. The van der Waals surface area contributed by atoms with Gasteiger partial charge < -0.3 is 14.1 Å². The highest BCUT2D eigenvalue weighted by molar-refractivity contribution is 7.91. The summed E-state index contributed by atoms with van der Waals surface area (Å²) in [6, 6.07) is 10.3.